The zero-order chi connectivity index (χ0) is 10.9. The number of aromatic nitrogens is 1. The van der Waals surface area contributed by atoms with E-state index in [1.807, 2.05) is 0 Å². The topological polar surface area (TPSA) is 22.1 Å². The Morgan fingerprint density at radius 3 is 2.33 bits per heavy atom. The third-order valence-electron chi connectivity index (χ3n) is 1.69. The van der Waals surface area contributed by atoms with Crippen molar-refractivity contribution in [3.05, 3.63) is 16.2 Å². The van der Waals surface area contributed by atoms with Crippen LogP contribution in [0, 0.1) is 6.92 Å². The van der Waals surface area contributed by atoms with Gasteiger partial charge in [-0.3, -0.25) is 0 Å². The standard InChI is InChI=1S/C7H7BBrF3NO.K/c1-4-6(9)3-5(8(10,11)12)7(13-4)14-2;/h3H,1-2H3;/q-1;+1. The van der Waals surface area contributed by atoms with E-state index in [1.165, 1.54) is 7.11 Å². The predicted octanol–water partition coefficient (Wildman–Crippen LogP) is -0.780. The molecule has 2 nitrogen and oxygen atoms in total. The number of pyridine rings is 1. The maximum Gasteiger partial charge on any atom is 1.00 e. The van der Waals surface area contributed by atoms with Crippen LogP contribution in [-0.2, 0) is 0 Å². The summed E-state index contributed by atoms with van der Waals surface area (Å²) in [4.78, 5) is 3.68. The second-order valence-electron chi connectivity index (χ2n) is 2.73. The Bertz CT molecular complexity index is 361. The van der Waals surface area contributed by atoms with Crippen molar-refractivity contribution in [2.75, 3.05) is 7.11 Å². The molecule has 0 aromatic carbocycles. The summed E-state index contributed by atoms with van der Waals surface area (Å²) in [6, 6.07) is 0.987. The Labute approximate surface area is 137 Å². The van der Waals surface area contributed by atoms with Crippen molar-refractivity contribution in [1.29, 1.82) is 0 Å². The fraction of sp³-hybridized carbons (Fsp3) is 0.286. The molecule has 0 aliphatic heterocycles. The summed E-state index contributed by atoms with van der Waals surface area (Å²) in [5, 5.41) is 0. The SMILES string of the molecule is COc1nc(C)c(Br)cc1[B-](F)(F)F.[K+]. The molecule has 8 heteroatoms. The van der Waals surface area contributed by atoms with Crippen molar-refractivity contribution >= 4 is 28.4 Å². The smallest absolute Gasteiger partial charge is 0.483 e. The normalized spacial score (nSPS) is 10.8. The molecule has 1 heterocycles. The fourth-order valence-corrected chi connectivity index (χ4v) is 1.31. The Balaban J connectivity index is 0.00000196. The van der Waals surface area contributed by atoms with Gasteiger partial charge in [0.05, 0.1) is 12.8 Å². The summed E-state index contributed by atoms with van der Waals surface area (Å²) in [7, 11) is 1.17. The van der Waals surface area contributed by atoms with E-state index in [9.17, 15) is 12.9 Å². The number of nitrogens with zero attached hydrogens (tertiary/aromatic N) is 1. The maximum atomic E-state index is 12.5. The van der Waals surface area contributed by atoms with Gasteiger partial charge in [-0.1, -0.05) is 6.07 Å². The molecule has 1 aromatic rings. The number of hydrogen-bond acceptors (Lipinski definition) is 2. The van der Waals surface area contributed by atoms with Crippen molar-refractivity contribution < 1.29 is 69.1 Å². The van der Waals surface area contributed by atoms with Crippen molar-refractivity contribution in [1.82, 2.24) is 4.98 Å². The quantitative estimate of drug-likeness (QED) is 0.669. The molecule has 0 aliphatic carbocycles. The van der Waals surface area contributed by atoms with Crippen LogP contribution in [0.5, 0.6) is 5.88 Å². The molecule has 1 aromatic heterocycles. The van der Waals surface area contributed by atoms with E-state index in [2.05, 4.69) is 25.7 Å². The van der Waals surface area contributed by atoms with Crippen LogP contribution in [0.3, 0.4) is 0 Å². The summed E-state index contributed by atoms with van der Waals surface area (Å²) in [6.07, 6.45) is 0. The summed E-state index contributed by atoms with van der Waals surface area (Å²) in [6.45, 7) is -3.49. The van der Waals surface area contributed by atoms with E-state index in [-0.39, 0.29) is 57.3 Å². The number of methoxy groups -OCH3 is 1. The zero-order valence-corrected chi connectivity index (χ0v) is 13.2. The van der Waals surface area contributed by atoms with E-state index in [0.717, 1.165) is 6.07 Å². The summed E-state index contributed by atoms with van der Waals surface area (Å²) in [5.74, 6) is -0.377. The van der Waals surface area contributed by atoms with Gasteiger partial charge in [0, 0.05) is 4.47 Å². The predicted molar refractivity (Wildman–Crippen MR) is 51.9 cm³/mol. The van der Waals surface area contributed by atoms with E-state index in [0.29, 0.717) is 10.2 Å². The monoisotopic (exact) mass is 307 g/mol. The number of rotatable bonds is 2. The van der Waals surface area contributed by atoms with Gasteiger partial charge in [0.1, 0.15) is 0 Å². The van der Waals surface area contributed by atoms with Crippen molar-refractivity contribution in [3.8, 4) is 5.88 Å². The van der Waals surface area contributed by atoms with Crippen LogP contribution in [-0.4, -0.2) is 19.1 Å². The maximum absolute atomic E-state index is 12.5. The number of halogens is 4. The van der Waals surface area contributed by atoms with Gasteiger partial charge >= 0.3 is 58.4 Å². The molecule has 15 heavy (non-hydrogen) atoms. The van der Waals surface area contributed by atoms with Crippen LogP contribution in [0.15, 0.2) is 10.5 Å². The molecule has 0 spiro atoms. The zero-order valence-electron chi connectivity index (χ0n) is 8.52. The average molecular weight is 308 g/mol. The van der Waals surface area contributed by atoms with Gasteiger partial charge in [0.15, 0.2) is 5.88 Å². The van der Waals surface area contributed by atoms with E-state index < -0.39 is 12.4 Å². The van der Waals surface area contributed by atoms with Gasteiger partial charge in [-0.25, -0.2) is 4.98 Å². The van der Waals surface area contributed by atoms with E-state index in [4.69, 9.17) is 0 Å². The molecule has 0 radical (unpaired) electrons. The first-order valence-electron chi connectivity index (χ1n) is 3.77. The number of hydrogen-bond donors (Lipinski definition) is 0. The molecule has 0 fully saturated rings. The third-order valence-corrected chi connectivity index (χ3v) is 2.49. The van der Waals surface area contributed by atoms with Crippen LogP contribution < -0.4 is 61.6 Å². The molecule has 78 valence electrons. The first-order valence-corrected chi connectivity index (χ1v) is 4.56. The number of aryl methyl sites for hydroxylation is 1. The first-order chi connectivity index (χ1) is 6.36. The minimum Gasteiger partial charge on any atom is -0.483 e. The van der Waals surface area contributed by atoms with E-state index >= 15 is 0 Å². The van der Waals surface area contributed by atoms with Crippen molar-refractivity contribution in [3.63, 3.8) is 0 Å². The first kappa shape index (κ1) is 15.9. The van der Waals surface area contributed by atoms with Crippen LogP contribution in [0.4, 0.5) is 12.9 Å². The fourth-order valence-electron chi connectivity index (χ4n) is 0.971. The van der Waals surface area contributed by atoms with Crippen LogP contribution in [0.25, 0.3) is 0 Å². The molecule has 0 atom stereocenters. The second-order valence-corrected chi connectivity index (χ2v) is 3.58. The van der Waals surface area contributed by atoms with Gasteiger partial charge in [0.25, 0.3) is 0 Å². The molecule has 0 aliphatic rings. The summed E-state index contributed by atoms with van der Waals surface area (Å²) >= 11 is 2.99. The Morgan fingerprint density at radius 2 is 1.93 bits per heavy atom. The van der Waals surface area contributed by atoms with Crippen LogP contribution in [0.1, 0.15) is 5.69 Å². The van der Waals surface area contributed by atoms with Gasteiger partial charge in [-0.2, -0.15) is 0 Å². The molecule has 0 bridgehead atoms. The third kappa shape index (κ3) is 4.01. The summed E-state index contributed by atoms with van der Waals surface area (Å²) in [5.41, 5.74) is -0.351. The van der Waals surface area contributed by atoms with Gasteiger partial charge in [-0.15, -0.1) is 0 Å². The van der Waals surface area contributed by atoms with Crippen LogP contribution in [0.2, 0.25) is 0 Å². The molecular weight excluding hydrogens is 301 g/mol. The van der Waals surface area contributed by atoms with Crippen molar-refractivity contribution in [2.24, 2.45) is 0 Å². The Morgan fingerprint density at radius 1 is 1.40 bits per heavy atom. The molecule has 0 saturated carbocycles. The average Bonchev–Trinajstić information content (AvgIpc) is 2.07. The molecule has 0 amide bonds. The van der Waals surface area contributed by atoms with Gasteiger partial charge in [-0.05, 0) is 28.3 Å². The second kappa shape index (κ2) is 6.02. The van der Waals surface area contributed by atoms with E-state index in [1.54, 1.807) is 6.92 Å². The minimum absolute atomic E-state index is 0. The Kier molecular flexibility index (Phi) is 6.39. The molecule has 0 unspecified atom stereocenters. The molecule has 1 rings (SSSR count). The molecule has 0 N–H and O–H groups in total. The molecular formula is C7H7BBrF3KNO. The number of ether oxygens (including phenoxy) is 1. The Hall–Kier alpha value is 0.921. The van der Waals surface area contributed by atoms with Crippen molar-refractivity contribution in [2.45, 2.75) is 6.92 Å². The minimum atomic E-state index is -5.09. The van der Waals surface area contributed by atoms with Gasteiger partial charge in [0.2, 0.25) is 0 Å². The summed E-state index contributed by atoms with van der Waals surface area (Å²) < 4.78 is 42.3. The molecule has 0 saturated heterocycles. The largest absolute Gasteiger partial charge is 1.00 e. The van der Waals surface area contributed by atoms with Crippen LogP contribution >= 0.6 is 15.9 Å². The van der Waals surface area contributed by atoms with Gasteiger partial charge < -0.3 is 17.7 Å².